The number of H-pyrrole nitrogens is 1. The molecular weight excluding hydrogens is 300 g/mol. The van der Waals surface area contributed by atoms with Gasteiger partial charge in [0, 0.05) is 12.0 Å². The highest BCUT2D eigenvalue weighted by Gasteiger charge is 2.30. The fourth-order valence-corrected chi connectivity index (χ4v) is 4.39. The highest BCUT2D eigenvalue weighted by Crippen LogP contribution is 2.27. The van der Waals surface area contributed by atoms with E-state index < -0.39 is 10.0 Å². The van der Waals surface area contributed by atoms with Crippen LogP contribution < -0.4 is 4.72 Å². The second kappa shape index (κ2) is 5.31. The fourth-order valence-electron chi connectivity index (χ4n) is 2.75. The average Bonchev–Trinajstić information content (AvgIpc) is 2.79. The van der Waals surface area contributed by atoms with Crippen molar-refractivity contribution in [3.05, 3.63) is 17.6 Å². The molecule has 1 unspecified atom stereocenters. The van der Waals surface area contributed by atoms with E-state index in [0.29, 0.717) is 23.3 Å². The molecule has 1 aliphatic rings. The number of nitrogens with one attached hydrogen (secondary N) is 2. The first kappa shape index (κ1) is 15.4. The molecule has 0 aliphatic carbocycles. The number of rotatable bonds is 2. The molecule has 2 N–H and O–H groups in total. The Morgan fingerprint density at radius 2 is 1.95 bits per heavy atom. The number of hydrogen-bond acceptors (Lipinski definition) is 4. The predicted molar refractivity (Wildman–Crippen MR) is 85.2 cm³/mol. The number of aryl methyl sites for hydroxylation is 1. The van der Waals surface area contributed by atoms with Gasteiger partial charge in [-0.05, 0) is 24.8 Å². The molecular formula is C15H22N4O2S. The summed E-state index contributed by atoms with van der Waals surface area (Å²) in [5.41, 5.74) is 1.89. The lowest BCUT2D eigenvalue weighted by molar-refractivity contribution is 0.429. The van der Waals surface area contributed by atoms with Crippen LogP contribution in [0, 0.1) is 5.92 Å². The lowest BCUT2D eigenvalue weighted by Crippen LogP contribution is -2.37. The zero-order chi connectivity index (χ0) is 16.1. The molecule has 6 nitrogen and oxygen atoms in total. The van der Waals surface area contributed by atoms with Crippen LogP contribution in [0.3, 0.4) is 0 Å². The second-order valence-corrected chi connectivity index (χ2v) is 8.27. The molecule has 0 spiro atoms. The summed E-state index contributed by atoms with van der Waals surface area (Å²) in [5, 5.41) is 0. The first-order chi connectivity index (χ1) is 10.3. The van der Waals surface area contributed by atoms with Crippen LogP contribution in [0.15, 0.2) is 11.0 Å². The van der Waals surface area contributed by atoms with Gasteiger partial charge in [-0.1, -0.05) is 27.7 Å². The van der Waals surface area contributed by atoms with Crippen LogP contribution in [0.4, 0.5) is 0 Å². The molecule has 0 amide bonds. The Morgan fingerprint density at radius 3 is 2.59 bits per heavy atom. The molecule has 0 bridgehead atoms. The third kappa shape index (κ3) is 2.63. The Morgan fingerprint density at radius 1 is 1.23 bits per heavy atom. The molecule has 0 saturated heterocycles. The Balaban J connectivity index is 2.13. The largest absolute Gasteiger partial charge is 0.340 e. The van der Waals surface area contributed by atoms with E-state index in [0.717, 1.165) is 12.2 Å². The Labute approximate surface area is 130 Å². The van der Waals surface area contributed by atoms with Crippen molar-refractivity contribution in [2.24, 2.45) is 5.92 Å². The van der Waals surface area contributed by atoms with Gasteiger partial charge in [0.25, 0.3) is 0 Å². The molecule has 0 radical (unpaired) electrons. The zero-order valence-electron chi connectivity index (χ0n) is 13.3. The molecule has 2 aromatic heterocycles. The molecule has 0 aromatic carbocycles. The van der Waals surface area contributed by atoms with Gasteiger partial charge in [0.1, 0.15) is 10.7 Å². The summed E-state index contributed by atoms with van der Waals surface area (Å²) in [5.74, 6) is 1.32. The van der Waals surface area contributed by atoms with Crippen LogP contribution >= 0.6 is 0 Å². The van der Waals surface area contributed by atoms with E-state index in [1.807, 2.05) is 27.7 Å². The maximum absolute atomic E-state index is 12.6. The SMILES string of the molecule is CC(C)c1nc2nc3c(cc2[nH]1)S(=O)(=O)NC(C(C)C)CC3. The molecule has 7 heteroatoms. The van der Waals surface area contributed by atoms with Crippen LogP contribution in [0.2, 0.25) is 0 Å². The molecule has 22 heavy (non-hydrogen) atoms. The minimum absolute atomic E-state index is 0.0586. The van der Waals surface area contributed by atoms with Crippen molar-refractivity contribution < 1.29 is 8.42 Å². The first-order valence-corrected chi connectivity index (χ1v) is 9.18. The highest BCUT2D eigenvalue weighted by molar-refractivity contribution is 7.89. The summed E-state index contributed by atoms with van der Waals surface area (Å²) in [7, 11) is -3.54. The molecule has 3 heterocycles. The summed E-state index contributed by atoms with van der Waals surface area (Å²) in [6.45, 7) is 8.12. The number of fused-ring (bicyclic) bond motifs is 2. The Hall–Kier alpha value is -1.47. The molecule has 3 rings (SSSR count). The maximum atomic E-state index is 12.6. The fraction of sp³-hybridized carbons (Fsp3) is 0.600. The van der Waals surface area contributed by atoms with Crippen molar-refractivity contribution in [1.82, 2.24) is 19.7 Å². The van der Waals surface area contributed by atoms with Gasteiger partial charge in [0.05, 0.1) is 11.2 Å². The van der Waals surface area contributed by atoms with Crippen molar-refractivity contribution in [2.75, 3.05) is 0 Å². The summed E-state index contributed by atoms with van der Waals surface area (Å²) in [4.78, 5) is 12.4. The number of hydrogen-bond donors (Lipinski definition) is 2. The van der Waals surface area contributed by atoms with E-state index in [1.54, 1.807) is 6.07 Å². The van der Waals surface area contributed by atoms with Gasteiger partial charge >= 0.3 is 0 Å². The van der Waals surface area contributed by atoms with Crippen molar-refractivity contribution in [2.45, 2.75) is 57.4 Å². The lowest BCUT2D eigenvalue weighted by atomic mass is 9.99. The number of pyridine rings is 1. The van der Waals surface area contributed by atoms with Gasteiger partial charge in [-0.3, -0.25) is 0 Å². The normalized spacial score (nSPS) is 21.3. The van der Waals surface area contributed by atoms with E-state index in [2.05, 4.69) is 19.7 Å². The highest BCUT2D eigenvalue weighted by atomic mass is 32.2. The lowest BCUT2D eigenvalue weighted by Gasteiger charge is -2.18. The number of nitrogens with zero attached hydrogens (tertiary/aromatic N) is 2. The third-order valence-electron chi connectivity index (χ3n) is 4.17. The summed E-state index contributed by atoms with van der Waals surface area (Å²) in [6, 6.07) is 1.61. The smallest absolute Gasteiger partial charge is 0.242 e. The minimum atomic E-state index is -3.54. The molecule has 1 atom stereocenters. The van der Waals surface area contributed by atoms with Crippen LogP contribution in [0.1, 0.15) is 51.6 Å². The summed E-state index contributed by atoms with van der Waals surface area (Å²) < 4.78 is 28.0. The van der Waals surface area contributed by atoms with Crippen LogP contribution in [-0.4, -0.2) is 29.4 Å². The number of sulfonamides is 1. The predicted octanol–water partition coefficient (Wildman–Crippen LogP) is 2.33. The molecule has 120 valence electrons. The summed E-state index contributed by atoms with van der Waals surface area (Å²) >= 11 is 0. The Bertz CT molecular complexity index is 808. The maximum Gasteiger partial charge on any atom is 0.242 e. The third-order valence-corrected chi connectivity index (χ3v) is 5.72. The molecule has 0 saturated carbocycles. The van der Waals surface area contributed by atoms with E-state index >= 15 is 0 Å². The summed E-state index contributed by atoms with van der Waals surface area (Å²) in [6.07, 6.45) is 1.40. The van der Waals surface area contributed by atoms with Crippen LogP contribution in [0.25, 0.3) is 11.2 Å². The van der Waals surface area contributed by atoms with Crippen molar-refractivity contribution in [3.63, 3.8) is 0 Å². The van der Waals surface area contributed by atoms with Crippen molar-refractivity contribution in [3.8, 4) is 0 Å². The van der Waals surface area contributed by atoms with Gasteiger partial charge in [-0.25, -0.2) is 23.1 Å². The topological polar surface area (TPSA) is 87.7 Å². The van der Waals surface area contributed by atoms with Gasteiger partial charge in [-0.2, -0.15) is 0 Å². The monoisotopic (exact) mass is 322 g/mol. The van der Waals surface area contributed by atoms with Gasteiger partial charge in [0.15, 0.2) is 5.65 Å². The number of aromatic nitrogens is 3. The Kier molecular flexibility index (Phi) is 3.72. The van der Waals surface area contributed by atoms with E-state index in [-0.39, 0.29) is 22.8 Å². The second-order valence-electron chi connectivity index (χ2n) is 6.59. The van der Waals surface area contributed by atoms with E-state index in [9.17, 15) is 8.42 Å². The average molecular weight is 322 g/mol. The number of aromatic amines is 1. The zero-order valence-corrected chi connectivity index (χ0v) is 14.2. The number of imidazole rings is 1. The molecule has 0 fully saturated rings. The van der Waals surface area contributed by atoms with Crippen LogP contribution in [0.5, 0.6) is 0 Å². The van der Waals surface area contributed by atoms with E-state index in [4.69, 9.17) is 0 Å². The minimum Gasteiger partial charge on any atom is -0.340 e. The van der Waals surface area contributed by atoms with Crippen molar-refractivity contribution in [1.29, 1.82) is 0 Å². The van der Waals surface area contributed by atoms with Gasteiger partial charge in [-0.15, -0.1) is 0 Å². The standard InChI is InChI=1S/C15H22N4O2S/c1-8(2)10-5-6-11-13(22(20,21)19-10)7-12-15(16-11)18-14(17-12)9(3)4/h7-10,19H,5-6H2,1-4H3,(H,16,17,18). The van der Waals surface area contributed by atoms with Gasteiger partial charge < -0.3 is 4.98 Å². The van der Waals surface area contributed by atoms with Crippen molar-refractivity contribution >= 4 is 21.2 Å². The quantitative estimate of drug-likeness (QED) is 0.888. The molecule has 1 aliphatic heterocycles. The molecule has 2 aromatic rings. The first-order valence-electron chi connectivity index (χ1n) is 7.70. The van der Waals surface area contributed by atoms with Crippen LogP contribution in [-0.2, 0) is 16.4 Å². The van der Waals surface area contributed by atoms with Gasteiger partial charge in [0.2, 0.25) is 10.0 Å². The van der Waals surface area contributed by atoms with E-state index in [1.165, 1.54) is 0 Å².